The van der Waals surface area contributed by atoms with Gasteiger partial charge in [0.05, 0.1) is 0 Å². The summed E-state index contributed by atoms with van der Waals surface area (Å²) in [5, 5.41) is 3.84. The molecular weight excluding hydrogens is 258 g/mol. The molecule has 21 heavy (non-hydrogen) atoms. The van der Waals surface area contributed by atoms with Crippen molar-refractivity contribution in [2.24, 2.45) is 0 Å². The van der Waals surface area contributed by atoms with Crippen LogP contribution in [-0.2, 0) is 0 Å². The lowest BCUT2D eigenvalue weighted by atomic mass is 9.91. The molecule has 3 heteroatoms. The Hall–Kier alpha value is -0.120. The van der Waals surface area contributed by atoms with E-state index < -0.39 is 0 Å². The summed E-state index contributed by atoms with van der Waals surface area (Å²) in [7, 11) is 2.36. The van der Waals surface area contributed by atoms with Crippen LogP contribution < -0.4 is 5.32 Å². The molecule has 2 fully saturated rings. The maximum atomic E-state index is 3.84. The van der Waals surface area contributed by atoms with Gasteiger partial charge in [-0.25, -0.2) is 0 Å². The number of nitrogens with zero attached hydrogens (tertiary/aromatic N) is 2. The minimum absolute atomic E-state index is 0.717. The zero-order valence-corrected chi connectivity index (χ0v) is 14.4. The van der Waals surface area contributed by atoms with Crippen molar-refractivity contribution in [1.82, 2.24) is 15.1 Å². The summed E-state index contributed by atoms with van der Waals surface area (Å²) in [6.45, 7) is 8.64. The summed E-state index contributed by atoms with van der Waals surface area (Å²) in [5.41, 5.74) is 0. The second kappa shape index (κ2) is 9.81. The van der Waals surface area contributed by atoms with E-state index >= 15 is 0 Å². The normalized spacial score (nSPS) is 28.7. The van der Waals surface area contributed by atoms with Crippen LogP contribution >= 0.6 is 0 Å². The fourth-order valence-corrected chi connectivity index (χ4v) is 4.03. The maximum Gasteiger partial charge on any atom is 0.0246 e. The molecule has 1 aliphatic heterocycles. The second-order valence-corrected chi connectivity index (χ2v) is 7.15. The molecule has 0 amide bonds. The van der Waals surface area contributed by atoms with Gasteiger partial charge in [0.15, 0.2) is 0 Å². The Morgan fingerprint density at radius 1 is 1.00 bits per heavy atom. The Balaban J connectivity index is 1.83. The van der Waals surface area contributed by atoms with Crippen LogP contribution in [0.5, 0.6) is 0 Å². The molecule has 3 nitrogen and oxygen atoms in total. The van der Waals surface area contributed by atoms with E-state index in [1.807, 2.05) is 0 Å². The first-order chi connectivity index (χ1) is 10.3. The summed E-state index contributed by atoms with van der Waals surface area (Å²) in [6.07, 6.45) is 12.5. The third-order valence-corrected chi connectivity index (χ3v) is 5.42. The Kier molecular flexibility index (Phi) is 8.05. The van der Waals surface area contributed by atoms with Crippen molar-refractivity contribution in [3.63, 3.8) is 0 Å². The zero-order valence-electron chi connectivity index (χ0n) is 14.4. The Bertz CT molecular complexity index is 261. The van der Waals surface area contributed by atoms with Gasteiger partial charge in [-0.1, -0.05) is 32.6 Å². The van der Waals surface area contributed by atoms with Crippen LogP contribution in [0.1, 0.15) is 64.7 Å². The van der Waals surface area contributed by atoms with Gasteiger partial charge in [0.25, 0.3) is 0 Å². The van der Waals surface area contributed by atoms with Crippen molar-refractivity contribution < 1.29 is 0 Å². The smallest absolute Gasteiger partial charge is 0.0246 e. The fourth-order valence-electron chi connectivity index (χ4n) is 4.03. The van der Waals surface area contributed by atoms with E-state index in [0.717, 1.165) is 6.04 Å². The van der Waals surface area contributed by atoms with Crippen molar-refractivity contribution >= 4 is 0 Å². The molecule has 2 aliphatic rings. The van der Waals surface area contributed by atoms with Gasteiger partial charge in [-0.05, 0) is 58.8 Å². The number of likely N-dealkylation sites (N-methyl/N-ethyl adjacent to an activating group) is 1. The van der Waals surface area contributed by atoms with Crippen molar-refractivity contribution in [1.29, 1.82) is 0 Å². The molecule has 1 saturated heterocycles. The summed E-state index contributed by atoms with van der Waals surface area (Å²) < 4.78 is 0. The summed E-state index contributed by atoms with van der Waals surface area (Å²) in [4.78, 5) is 5.31. The first kappa shape index (κ1) is 17.2. The SMILES string of the molecule is CCCNC1CCCCCCC1N(C)CCN1CCCC1. The quantitative estimate of drug-likeness (QED) is 0.778. The summed E-state index contributed by atoms with van der Waals surface area (Å²) >= 11 is 0. The van der Waals surface area contributed by atoms with Crippen LogP contribution in [0.3, 0.4) is 0 Å². The molecule has 1 aliphatic carbocycles. The minimum Gasteiger partial charge on any atom is -0.312 e. The van der Waals surface area contributed by atoms with Crippen LogP contribution in [-0.4, -0.2) is 61.7 Å². The van der Waals surface area contributed by atoms with E-state index in [9.17, 15) is 0 Å². The minimum atomic E-state index is 0.717. The number of hydrogen-bond donors (Lipinski definition) is 1. The molecule has 2 unspecified atom stereocenters. The van der Waals surface area contributed by atoms with Gasteiger partial charge >= 0.3 is 0 Å². The first-order valence-electron chi connectivity index (χ1n) is 9.47. The standard InChI is InChI=1S/C18H37N3/c1-3-12-19-17-10-6-4-5-7-11-18(17)20(2)15-16-21-13-8-9-14-21/h17-19H,3-16H2,1-2H3. The second-order valence-electron chi connectivity index (χ2n) is 7.15. The molecule has 0 bridgehead atoms. The van der Waals surface area contributed by atoms with Gasteiger partial charge in [0.2, 0.25) is 0 Å². The zero-order chi connectivity index (χ0) is 14.9. The summed E-state index contributed by atoms with van der Waals surface area (Å²) in [5.74, 6) is 0. The molecule has 0 radical (unpaired) electrons. The molecule has 0 aromatic rings. The van der Waals surface area contributed by atoms with E-state index in [1.54, 1.807) is 0 Å². The predicted octanol–water partition coefficient (Wildman–Crippen LogP) is 3.11. The molecule has 1 heterocycles. The van der Waals surface area contributed by atoms with E-state index in [-0.39, 0.29) is 0 Å². The average Bonchev–Trinajstić information content (AvgIpc) is 2.97. The third-order valence-electron chi connectivity index (χ3n) is 5.42. The van der Waals surface area contributed by atoms with E-state index in [4.69, 9.17) is 0 Å². The molecule has 1 N–H and O–H groups in total. The maximum absolute atomic E-state index is 3.84. The highest BCUT2D eigenvalue weighted by atomic mass is 15.2. The van der Waals surface area contributed by atoms with Crippen molar-refractivity contribution in [2.45, 2.75) is 76.8 Å². The molecule has 1 saturated carbocycles. The Labute approximate surface area is 132 Å². The highest BCUT2D eigenvalue weighted by molar-refractivity contribution is 4.85. The average molecular weight is 296 g/mol. The van der Waals surface area contributed by atoms with E-state index in [0.29, 0.717) is 6.04 Å². The number of likely N-dealkylation sites (tertiary alicyclic amines) is 1. The monoisotopic (exact) mass is 295 g/mol. The largest absolute Gasteiger partial charge is 0.312 e. The number of rotatable bonds is 7. The molecular formula is C18H37N3. The van der Waals surface area contributed by atoms with Crippen LogP contribution in [0.4, 0.5) is 0 Å². The molecule has 0 spiro atoms. The van der Waals surface area contributed by atoms with E-state index in [2.05, 4.69) is 29.1 Å². The van der Waals surface area contributed by atoms with Crippen molar-refractivity contribution in [3.8, 4) is 0 Å². The van der Waals surface area contributed by atoms with Crippen LogP contribution in [0.15, 0.2) is 0 Å². The van der Waals surface area contributed by atoms with Gasteiger partial charge in [-0.15, -0.1) is 0 Å². The van der Waals surface area contributed by atoms with Crippen LogP contribution in [0, 0.1) is 0 Å². The van der Waals surface area contributed by atoms with Crippen LogP contribution in [0.2, 0.25) is 0 Å². The molecule has 2 rings (SSSR count). The van der Waals surface area contributed by atoms with Gasteiger partial charge in [-0.2, -0.15) is 0 Å². The lowest BCUT2D eigenvalue weighted by Gasteiger charge is -2.37. The molecule has 2 atom stereocenters. The lowest BCUT2D eigenvalue weighted by Crippen LogP contribution is -2.50. The Morgan fingerprint density at radius 3 is 2.43 bits per heavy atom. The van der Waals surface area contributed by atoms with Gasteiger partial charge in [0, 0.05) is 25.2 Å². The first-order valence-corrected chi connectivity index (χ1v) is 9.47. The van der Waals surface area contributed by atoms with Crippen molar-refractivity contribution in [2.75, 3.05) is 39.8 Å². The van der Waals surface area contributed by atoms with Crippen molar-refractivity contribution in [3.05, 3.63) is 0 Å². The van der Waals surface area contributed by atoms with Crippen LogP contribution in [0.25, 0.3) is 0 Å². The van der Waals surface area contributed by atoms with Gasteiger partial charge < -0.3 is 15.1 Å². The molecule has 0 aromatic heterocycles. The number of hydrogen-bond acceptors (Lipinski definition) is 3. The highest BCUT2D eigenvalue weighted by Crippen LogP contribution is 2.21. The predicted molar refractivity (Wildman–Crippen MR) is 91.9 cm³/mol. The lowest BCUT2D eigenvalue weighted by molar-refractivity contribution is 0.147. The Morgan fingerprint density at radius 2 is 1.71 bits per heavy atom. The van der Waals surface area contributed by atoms with Gasteiger partial charge in [-0.3, -0.25) is 0 Å². The fraction of sp³-hybridized carbons (Fsp3) is 1.00. The van der Waals surface area contributed by atoms with Gasteiger partial charge in [0.1, 0.15) is 0 Å². The number of nitrogens with one attached hydrogen (secondary N) is 1. The van der Waals surface area contributed by atoms with E-state index in [1.165, 1.54) is 90.5 Å². The molecule has 0 aromatic carbocycles. The highest BCUT2D eigenvalue weighted by Gasteiger charge is 2.26. The third kappa shape index (κ3) is 5.88. The summed E-state index contributed by atoms with van der Waals surface area (Å²) in [6, 6.07) is 1.47. The molecule has 124 valence electrons. The topological polar surface area (TPSA) is 18.5 Å².